The molecular formula is C13H20NO2+. The van der Waals surface area contributed by atoms with Crippen molar-refractivity contribution in [2.45, 2.75) is 44.1 Å². The van der Waals surface area contributed by atoms with Crippen molar-refractivity contribution >= 4 is 5.97 Å². The normalized spacial score (nSPS) is 49.3. The highest BCUT2D eigenvalue weighted by Crippen LogP contribution is 2.61. The average Bonchev–Trinajstić information content (AvgIpc) is 2.13. The van der Waals surface area contributed by atoms with Crippen molar-refractivity contribution in [3.63, 3.8) is 0 Å². The zero-order valence-corrected chi connectivity index (χ0v) is 9.71. The second kappa shape index (κ2) is 3.16. The molecule has 88 valence electrons. The van der Waals surface area contributed by atoms with Crippen LogP contribution in [0, 0.1) is 24.2 Å². The summed E-state index contributed by atoms with van der Waals surface area (Å²) in [5.74, 6) is 1.28. The molecule has 16 heavy (non-hydrogen) atoms. The minimum atomic E-state index is -0.253. The minimum absolute atomic E-state index is 0.0357. The summed E-state index contributed by atoms with van der Waals surface area (Å²) in [7, 11) is 0. The van der Waals surface area contributed by atoms with Crippen molar-refractivity contribution in [2.24, 2.45) is 23.0 Å². The number of ether oxygens (including phenoxy) is 1. The third-order valence-electron chi connectivity index (χ3n) is 4.77. The Hall–Kier alpha value is -0.700. The van der Waals surface area contributed by atoms with Crippen LogP contribution in [0.3, 0.4) is 0 Å². The largest absolute Gasteiger partial charge is 0.423 e. The molecule has 4 aliphatic rings. The molecule has 0 amide bonds. The van der Waals surface area contributed by atoms with Crippen LogP contribution in [-0.2, 0) is 9.53 Å². The van der Waals surface area contributed by atoms with Crippen molar-refractivity contribution in [3.8, 4) is 0 Å². The average molecular weight is 222 g/mol. The van der Waals surface area contributed by atoms with E-state index >= 15 is 0 Å². The van der Waals surface area contributed by atoms with Gasteiger partial charge in [0.1, 0.15) is 6.92 Å². The molecule has 0 aromatic rings. The van der Waals surface area contributed by atoms with Crippen LogP contribution in [0.2, 0.25) is 0 Å². The van der Waals surface area contributed by atoms with Gasteiger partial charge in [-0.15, -0.1) is 0 Å². The van der Waals surface area contributed by atoms with Crippen molar-refractivity contribution in [1.29, 1.82) is 0 Å². The molecule has 0 aromatic heterocycles. The number of hydrogen-bond donors (Lipinski definition) is 1. The lowest BCUT2D eigenvalue weighted by Gasteiger charge is -2.59. The summed E-state index contributed by atoms with van der Waals surface area (Å²) in [5, 5.41) is 0. The summed E-state index contributed by atoms with van der Waals surface area (Å²) in [4.78, 5) is 12.1. The van der Waals surface area contributed by atoms with E-state index in [1.165, 1.54) is 6.42 Å². The number of nitrogens with two attached hydrogens (primary N) is 1. The Kier molecular flexibility index (Phi) is 2.06. The molecule has 3 nitrogen and oxygen atoms in total. The fraction of sp³-hybridized carbons (Fsp3) is 0.846. The first kappa shape index (κ1) is 10.5. The Bertz CT molecular complexity index is 312. The van der Waals surface area contributed by atoms with Gasteiger partial charge in [0, 0.05) is 5.54 Å². The van der Waals surface area contributed by atoms with E-state index in [2.05, 4.69) is 6.92 Å². The van der Waals surface area contributed by atoms with Gasteiger partial charge in [-0.1, -0.05) is 0 Å². The molecule has 3 heteroatoms. The Morgan fingerprint density at radius 1 is 1.31 bits per heavy atom. The Morgan fingerprint density at radius 3 is 2.44 bits per heavy atom. The molecule has 4 aliphatic carbocycles. The van der Waals surface area contributed by atoms with Crippen LogP contribution in [0.4, 0.5) is 0 Å². The van der Waals surface area contributed by atoms with Crippen LogP contribution < -0.4 is 5.73 Å². The zero-order chi connectivity index (χ0) is 11.4. The highest BCUT2D eigenvalue weighted by molar-refractivity contribution is 5.77. The molecule has 4 rings (SSSR count). The van der Waals surface area contributed by atoms with E-state index in [1.54, 1.807) is 0 Å². The fourth-order valence-corrected chi connectivity index (χ4v) is 4.82. The predicted molar refractivity (Wildman–Crippen MR) is 60.3 cm³/mol. The van der Waals surface area contributed by atoms with Gasteiger partial charge in [0.2, 0.25) is 6.61 Å². The first-order valence-corrected chi connectivity index (χ1v) is 6.31. The van der Waals surface area contributed by atoms with E-state index in [1.807, 2.05) is 0 Å². The molecule has 4 saturated carbocycles. The van der Waals surface area contributed by atoms with Gasteiger partial charge in [-0.2, -0.15) is 0 Å². The molecule has 2 unspecified atom stereocenters. The lowest BCUT2D eigenvalue weighted by Crippen LogP contribution is -2.62. The SMILES string of the molecule is [CH2+]COC(=O)C12CC3CC(CC(N)(C3)C1)C2. The monoisotopic (exact) mass is 222 g/mol. The van der Waals surface area contributed by atoms with E-state index in [-0.39, 0.29) is 23.5 Å². The van der Waals surface area contributed by atoms with Gasteiger partial charge in [0.15, 0.2) is 0 Å². The molecule has 0 aliphatic heterocycles. The lowest BCUT2D eigenvalue weighted by molar-refractivity contribution is -0.172. The van der Waals surface area contributed by atoms with Crippen LogP contribution in [-0.4, -0.2) is 18.1 Å². The van der Waals surface area contributed by atoms with E-state index in [4.69, 9.17) is 10.5 Å². The molecule has 4 fully saturated rings. The van der Waals surface area contributed by atoms with Crippen LogP contribution in [0.1, 0.15) is 38.5 Å². The first-order valence-electron chi connectivity index (χ1n) is 6.31. The Balaban J connectivity index is 1.89. The lowest BCUT2D eigenvalue weighted by atomic mass is 9.47. The molecule has 2 atom stereocenters. The smallest absolute Gasteiger partial charge is 0.315 e. The van der Waals surface area contributed by atoms with Gasteiger partial charge in [-0.3, -0.25) is 4.79 Å². The van der Waals surface area contributed by atoms with Crippen LogP contribution in [0.5, 0.6) is 0 Å². The fourth-order valence-electron chi connectivity index (χ4n) is 4.82. The van der Waals surface area contributed by atoms with E-state index in [0.717, 1.165) is 32.1 Å². The van der Waals surface area contributed by atoms with Gasteiger partial charge < -0.3 is 10.5 Å². The maximum atomic E-state index is 12.1. The third-order valence-corrected chi connectivity index (χ3v) is 4.77. The van der Waals surface area contributed by atoms with Gasteiger partial charge in [-0.25, -0.2) is 0 Å². The molecule has 2 N–H and O–H groups in total. The molecule has 4 bridgehead atoms. The maximum Gasteiger partial charge on any atom is 0.315 e. The molecule has 0 saturated heterocycles. The van der Waals surface area contributed by atoms with Crippen molar-refractivity contribution in [3.05, 3.63) is 6.92 Å². The molecule has 0 radical (unpaired) electrons. The van der Waals surface area contributed by atoms with Crippen molar-refractivity contribution in [1.82, 2.24) is 0 Å². The summed E-state index contributed by atoms with van der Waals surface area (Å²) in [6.45, 7) is 3.84. The Labute approximate surface area is 96.7 Å². The highest BCUT2D eigenvalue weighted by Gasteiger charge is 2.60. The number of hydrogen-bond acceptors (Lipinski definition) is 3. The maximum absolute atomic E-state index is 12.1. The van der Waals surface area contributed by atoms with Gasteiger partial charge >= 0.3 is 5.97 Å². The quantitative estimate of drug-likeness (QED) is 0.571. The summed E-state index contributed by atoms with van der Waals surface area (Å²) < 4.78 is 5.17. The predicted octanol–water partition coefficient (Wildman–Crippen LogP) is 1.66. The number of carbonyl (C=O) groups is 1. The van der Waals surface area contributed by atoms with Crippen LogP contribution >= 0.6 is 0 Å². The van der Waals surface area contributed by atoms with Crippen LogP contribution in [0.25, 0.3) is 0 Å². The van der Waals surface area contributed by atoms with Crippen molar-refractivity contribution < 1.29 is 9.53 Å². The standard InChI is InChI=1S/C13H20NO2/c1-2-16-11(15)12-4-9-3-10(5-12)7-13(14,6-9)8-12/h9-10H,1-8,14H2/q+1. The van der Waals surface area contributed by atoms with Gasteiger partial charge in [0.25, 0.3) is 0 Å². The second-order valence-electron chi connectivity index (χ2n) is 6.24. The third kappa shape index (κ3) is 1.37. The van der Waals surface area contributed by atoms with Crippen LogP contribution in [0.15, 0.2) is 0 Å². The summed E-state index contributed by atoms with van der Waals surface area (Å²) >= 11 is 0. The van der Waals surface area contributed by atoms with E-state index < -0.39 is 0 Å². The summed E-state index contributed by atoms with van der Waals surface area (Å²) in [6.07, 6.45) is 6.35. The van der Waals surface area contributed by atoms with E-state index in [0.29, 0.717) is 11.8 Å². The zero-order valence-electron chi connectivity index (χ0n) is 9.71. The first-order chi connectivity index (χ1) is 7.55. The van der Waals surface area contributed by atoms with E-state index in [9.17, 15) is 4.79 Å². The summed E-state index contributed by atoms with van der Waals surface area (Å²) in [6, 6.07) is 0. The van der Waals surface area contributed by atoms with Gasteiger partial charge in [-0.05, 0) is 50.4 Å². The highest BCUT2D eigenvalue weighted by atomic mass is 16.5. The molecular weight excluding hydrogens is 202 g/mol. The number of esters is 1. The topological polar surface area (TPSA) is 52.3 Å². The molecule has 0 heterocycles. The summed E-state index contributed by atoms with van der Waals surface area (Å²) in [5.41, 5.74) is 6.08. The van der Waals surface area contributed by atoms with Gasteiger partial charge in [0.05, 0.1) is 5.41 Å². The number of rotatable bonds is 2. The number of carbonyl (C=O) groups excluding carboxylic acids is 1. The Morgan fingerprint density at radius 2 is 1.94 bits per heavy atom. The molecule has 0 aromatic carbocycles. The molecule has 0 spiro atoms. The van der Waals surface area contributed by atoms with Crippen molar-refractivity contribution in [2.75, 3.05) is 6.61 Å². The minimum Gasteiger partial charge on any atom is -0.423 e. The second-order valence-corrected chi connectivity index (χ2v) is 6.24.